The lowest BCUT2D eigenvalue weighted by Gasteiger charge is -2.29. The normalized spacial score (nSPS) is 15.9. The highest BCUT2D eigenvalue weighted by molar-refractivity contribution is 5.45. The van der Waals surface area contributed by atoms with Crippen molar-refractivity contribution in [1.82, 2.24) is 35.9 Å². The van der Waals surface area contributed by atoms with E-state index in [1.54, 1.807) is 0 Å². The fraction of sp³-hybridized carbons (Fsp3) is 0.652. The van der Waals surface area contributed by atoms with Gasteiger partial charge in [-0.2, -0.15) is 9.97 Å². The SMILES string of the molecule is Cc1cc(NC2CNC2)nc(N(C)CCNCCc2cc(NC3CNC3)nc(N(C)CCN)n2)n1. The summed E-state index contributed by atoms with van der Waals surface area (Å²) in [6.07, 6.45) is 0.817. The van der Waals surface area contributed by atoms with Gasteiger partial charge < -0.3 is 42.1 Å². The lowest BCUT2D eigenvalue weighted by molar-refractivity contribution is 0.471. The Morgan fingerprint density at radius 2 is 1.46 bits per heavy atom. The molecule has 0 bridgehead atoms. The van der Waals surface area contributed by atoms with Crippen LogP contribution < -0.4 is 42.1 Å². The Balaban J connectivity index is 1.26. The van der Waals surface area contributed by atoms with Gasteiger partial charge in [0.05, 0.1) is 12.1 Å². The summed E-state index contributed by atoms with van der Waals surface area (Å²) in [6, 6.07) is 4.92. The Bertz CT molecular complexity index is 946. The first-order valence-electron chi connectivity index (χ1n) is 12.5. The summed E-state index contributed by atoms with van der Waals surface area (Å²) in [7, 11) is 4.01. The zero-order chi connectivity index (χ0) is 24.6. The van der Waals surface area contributed by atoms with E-state index in [9.17, 15) is 0 Å². The van der Waals surface area contributed by atoms with Crippen LogP contribution in [-0.2, 0) is 6.42 Å². The standard InChI is InChI=1S/C23H40N12/c1-16-10-20(29-18-12-26-13-18)32-22(28-16)35(3)9-7-25-6-4-17-11-21(30-19-14-27-15-19)33-23(31-17)34(2)8-5-24/h10-11,18-19,25-27H,4-9,12-15,24H2,1-3H3,(H,28,29,32)(H,30,31,33). The van der Waals surface area contributed by atoms with E-state index >= 15 is 0 Å². The Hall–Kier alpha value is -2.80. The summed E-state index contributed by atoms with van der Waals surface area (Å²) >= 11 is 0. The fourth-order valence-electron chi connectivity index (χ4n) is 3.84. The van der Waals surface area contributed by atoms with E-state index in [2.05, 4.69) is 47.5 Å². The average molecular weight is 485 g/mol. The summed E-state index contributed by atoms with van der Waals surface area (Å²) < 4.78 is 0. The first kappa shape index (κ1) is 25.3. The molecule has 192 valence electrons. The molecule has 2 fully saturated rings. The van der Waals surface area contributed by atoms with Gasteiger partial charge in [0.25, 0.3) is 0 Å². The second-order valence-corrected chi connectivity index (χ2v) is 9.37. The molecule has 2 aromatic heterocycles. The van der Waals surface area contributed by atoms with Crippen LogP contribution >= 0.6 is 0 Å². The molecule has 2 aliphatic heterocycles. The molecule has 7 N–H and O–H groups in total. The van der Waals surface area contributed by atoms with Gasteiger partial charge in [0.15, 0.2) is 0 Å². The van der Waals surface area contributed by atoms with Crippen LogP contribution in [0.15, 0.2) is 12.1 Å². The average Bonchev–Trinajstić information content (AvgIpc) is 2.78. The number of anilines is 4. The maximum Gasteiger partial charge on any atom is 0.227 e. The van der Waals surface area contributed by atoms with Crippen molar-refractivity contribution >= 4 is 23.5 Å². The van der Waals surface area contributed by atoms with Crippen LogP contribution in [0.1, 0.15) is 11.4 Å². The van der Waals surface area contributed by atoms with Crippen LogP contribution in [0.3, 0.4) is 0 Å². The van der Waals surface area contributed by atoms with E-state index in [1.807, 2.05) is 32.0 Å². The van der Waals surface area contributed by atoms with Gasteiger partial charge in [0, 0.05) is 103 Å². The number of hydrogen-bond donors (Lipinski definition) is 6. The third kappa shape index (κ3) is 7.34. The highest BCUT2D eigenvalue weighted by Crippen LogP contribution is 2.16. The molecule has 12 heteroatoms. The Morgan fingerprint density at radius 1 is 0.857 bits per heavy atom. The zero-order valence-corrected chi connectivity index (χ0v) is 21.1. The van der Waals surface area contributed by atoms with Crippen molar-refractivity contribution in [2.45, 2.75) is 25.4 Å². The Morgan fingerprint density at radius 3 is 2.06 bits per heavy atom. The van der Waals surface area contributed by atoms with Crippen molar-refractivity contribution in [3.05, 3.63) is 23.5 Å². The molecule has 35 heavy (non-hydrogen) atoms. The van der Waals surface area contributed by atoms with Gasteiger partial charge in [-0.1, -0.05) is 0 Å². The molecule has 4 heterocycles. The predicted octanol–water partition coefficient (Wildman–Crippen LogP) is -0.994. The molecule has 0 aromatic carbocycles. The molecule has 0 spiro atoms. The van der Waals surface area contributed by atoms with E-state index in [-0.39, 0.29) is 0 Å². The lowest BCUT2D eigenvalue weighted by atomic mass is 10.2. The van der Waals surface area contributed by atoms with E-state index in [1.165, 1.54) is 0 Å². The van der Waals surface area contributed by atoms with Crippen LogP contribution in [0, 0.1) is 6.92 Å². The Labute approximate surface area is 207 Å². The van der Waals surface area contributed by atoms with Crippen molar-refractivity contribution in [3.63, 3.8) is 0 Å². The molecule has 2 aliphatic rings. The third-order valence-electron chi connectivity index (χ3n) is 6.21. The molecule has 0 saturated carbocycles. The van der Waals surface area contributed by atoms with Gasteiger partial charge in [-0.3, -0.25) is 0 Å². The summed E-state index contributed by atoms with van der Waals surface area (Å²) in [6.45, 7) is 9.62. The lowest BCUT2D eigenvalue weighted by Crippen LogP contribution is -2.51. The zero-order valence-electron chi connectivity index (χ0n) is 21.1. The number of nitrogens with zero attached hydrogens (tertiary/aromatic N) is 6. The van der Waals surface area contributed by atoms with Crippen molar-refractivity contribution < 1.29 is 0 Å². The van der Waals surface area contributed by atoms with E-state index in [0.717, 1.165) is 81.2 Å². The highest BCUT2D eigenvalue weighted by Gasteiger charge is 2.19. The van der Waals surface area contributed by atoms with Crippen molar-refractivity contribution in [2.75, 3.05) is 93.4 Å². The van der Waals surface area contributed by atoms with Gasteiger partial charge >= 0.3 is 0 Å². The number of nitrogens with two attached hydrogens (primary N) is 1. The van der Waals surface area contributed by atoms with E-state index < -0.39 is 0 Å². The van der Waals surface area contributed by atoms with Crippen LogP contribution in [0.25, 0.3) is 0 Å². The molecule has 2 saturated heterocycles. The van der Waals surface area contributed by atoms with E-state index in [4.69, 9.17) is 15.7 Å². The van der Waals surface area contributed by atoms with Crippen LogP contribution in [0.2, 0.25) is 0 Å². The highest BCUT2D eigenvalue weighted by atomic mass is 15.3. The van der Waals surface area contributed by atoms with Gasteiger partial charge in [-0.25, -0.2) is 9.97 Å². The van der Waals surface area contributed by atoms with Gasteiger partial charge in [-0.15, -0.1) is 0 Å². The van der Waals surface area contributed by atoms with Gasteiger partial charge in [0.1, 0.15) is 11.6 Å². The predicted molar refractivity (Wildman–Crippen MR) is 142 cm³/mol. The summed E-state index contributed by atoms with van der Waals surface area (Å²) in [5, 5.41) is 17.0. The molecule has 0 aliphatic carbocycles. The maximum absolute atomic E-state index is 5.73. The van der Waals surface area contributed by atoms with Crippen LogP contribution in [0.4, 0.5) is 23.5 Å². The van der Waals surface area contributed by atoms with Gasteiger partial charge in [-0.05, 0) is 6.92 Å². The van der Waals surface area contributed by atoms with Crippen molar-refractivity contribution in [1.29, 1.82) is 0 Å². The first-order valence-corrected chi connectivity index (χ1v) is 12.5. The second-order valence-electron chi connectivity index (χ2n) is 9.37. The van der Waals surface area contributed by atoms with Crippen LogP contribution in [0.5, 0.6) is 0 Å². The fourth-order valence-corrected chi connectivity index (χ4v) is 3.84. The summed E-state index contributed by atoms with van der Waals surface area (Å²) in [4.78, 5) is 22.8. The monoisotopic (exact) mass is 484 g/mol. The number of aryl methyl sites for hydroxylation is 1. The largest absolute Gasteiger partial charge is 0.365 e. The second kappa shape index (κ2) is 12.2. The number of likely N-dealkylation sites (N-methyl/N-ethyl adjacent to an activating group) is 2. The van der Waals surface area contributed by atoms with E-state index in [0.29, 0.717) is 31.1 Å². The summed E-state index contributed by atoms with van der Waals surface area (Å²) in [5.74, 6) is 3.21. The molecule has 0 unspecified atom stereocenters. The molecule has 2 aromatic rings. The van der Waals surface area contributed by atoms with Crippen molar-refractivity contribution in [2.24, 2.45) is 5.73 Å². The molecular formula is C23H40N12. The quantitative estimate of drug-likeness (QED) is 0.183. The summed E-state index contributed by atoms with van der Waals surface area (Å²) in [5.41, 5.74) is 7.71. The maximum atomic E-state index is 5.73. The molecule has 12 nitrogen and oxygen atoms in total. The number of nitrogens with one attached hydrogen (secondary N) is 5. The number of hydrogen-bond acceptors (Lipinski definition) is 12. The first-order chi connectivity index (χ1) is 17.0. The molecule has 0 amide bonds. The topological polar surface area (TPSA) is 144 Å². The molecule has 4 rings (SSSR count). The molecule has 0 atom stereocenters. The minimum Gasteiger partial charge on any atom is -0.365 e. The minimum atomic E-state index is 0.420. The smallest absolute Gasteiger partial charge is 0.227 e. The number of aromatic nitrogens is 4. The molecular weight excluding hydrogens is 444 g/mol. The minimum absolute atomic E-state index is 0.420. The third-order valence-corrected chi connectivity index (χ3v) is 6.21. The molecule has 0 radical (unpaired) electrons. The van der Waals surface area contributed by atoms with Crippen molar-refractivity contribution in [3.8, 4) is 0 Å². The van der Waals surface area contributed by atoms with Crippen LogP contribution in [-0.4, -0.2) is 105 Å². The van der Waals surface area contributed by atoms with Gasteiger partial charge in [0.2, 0.25) is 11.9 Å². The number of rotatable bonds is 14. The Kier molecular flexibility index (Phi) is 8.85.